The summed E-state index contributed by atoms with van der Waals surface area (Å²) < 4.78 is 0. The van der Waals surface area contributed by atoms with Crippen molar-refractivity contribution in [1.82, 2.24) is 0 Å². The monoisotopic (exact) mass is 178 g/mol. The van der Waals surface area contributed by atoms with Gasteiger partial charge in [-0.2, -0.15) is 0 Å². The van der Waals surface area contributed by atoms with Gasteiger partial charge in [0.15, 0.2) is 0 Å². The normalized spacial score (nSPS) is 19.5. The number of aliphatic hydroxyl groups is 2. The van der Waals surface area contributed by atoms with Crippen LogP contribution in [0.1, 0.15) is 25.7 Å². The van der Waals surface area contributed by atoms with E-state index in [1.54, 1.807) is 0 Å². The molecule has 0 heterocycles. The highest BCUT2D eigenvalue weighted by molar-refractivity contribution is 5.53. The highest BCUT2D eigenvalue weighted by atomic mass is 16.6. The first-order valence-corrected chi connectivity index (χ1v) is 3.80. The first-order valence-electron chi connectivity index (χ1n) is 3.80. The summed E-state index contributed by atoms with van der Waals surface area (Å²) in [5, 5.41) is 30.3. The molecule has 12 heavy (non-hydrogen) atoms. The van der Waals surface area contributed by atoms with Gasteiger partial charge in [0.25, 0.3) is 0 Å². The van der Waals surface area contributed by atoms with Crippen molar-refractivity contribution in [2.45, 2.75) is 37.9 Å². The fourth-order valence-electron chi connectivity index (χ4n) is 0.149. The Labute approximate surface area is 70.3 Å². The van der Waals surface area contributed by atoms with Gasteiger partial charge in [0.1, 0.15) is 0 Å². The molecule has 0 unspecified atom stereocenters. The maximum atomic E-state index is 8.56. The number of rotatable bonds is 0. The Bertz CT molecular complexity index is 114. The molecule has 2 aliphatic carbocycles. The van der Waals surface area contributed by atoms with Crippen molar-refractivity contribution in [3.05, 3.63) is 0 Å². The third-order valence-corrected chi connectivity index (χ3v) is 1.09. The summed E-state index contributed by atoms with van der Waals surface area (Å²) >= 11 is 0. The van der Waals surface area contributed by atoms with Gasteiger partial charge in [-0.1, -0.05) is 0 Å². The van der Waals surface area contributed by atoms with E-state index in [1.165, 1.54) is 0 Å². The summed E-state index contributed by atoms with van der Waals surface area (Å²) in [6, 6.07) is 0. The predicted molar refractivity (Wildman–Crippen MR) is 41.1 cm³/mol. The zero-order valence-electron chi connectivity index (χ0n) is 6.68. The van der Waals surface area contributed by atoms with Crippen LogP contribution in [0.2, 0.25) is 0 Å². The lowest BCUT2D eigenvalue weighted by Gasteiger charge is -1.60. The van der Waals surface area contributed by atoms with Crippen molar-refractivity contribution in [2.75, 3.05) is 0 Å². The smallest absolute Gasteiger partial charge is 0.450 e. The van der Waals surface area contributed by atoms with Crippen LogP contribution in [0.25, 0.3) is 0 Å². The molecule has 0 aromatic heterocycles. The van der Waals surface area contributed by atoms with Gasteiger partial charge >= 0.3 is 6.16 Å². The average molecular weight is 178 g/mol. The molecule has 0 aliphatic heterocycles. The van der Waals surface area contributed by atoms with E-state index in [-0.39, 0.29) is 12.2 Å². The minimum absolute atomic E-state index is 0.0833. The molecular formula is C7H14O5. The molecule has 0 aromatic carbocycles. The van der Waals surface area contributed by atoms with Gasteiger partial charge in [-0.05, 0) is 25.7 Å². The standard InChI is InChI=1S/2C3H6O.CH2O3/c2*4-3-1-2-3;2-1(3)4/h2*3-4H,1-2H2;(H2,2,3,4). The Morgan fingerprint density at radius 3 is 1.00 bits per heavy atom. The molecule has 72 valence electrons. The van der Waals surface area contributed by atoms with Crippen LogP contribution < -0.4 is 0 Å². The quantitative estimate of drug-likeness (QED) is 0.433. The first-order chi connectivity index (χ1) is 5.52. The van der Waals surface area contributed by atoms with Crippen LogP contribution in [0.5, 0.6) is 0 Å². The molecular weight excluding hydrogens is 164 g/mol. The van der Waals surface area contributed by atoms with E-state index in [1.807, 2.05) is 0 Å². The topological polar surface area (TPSA) is 98.0 Å². The Morgan fingerprint density at radius 2 is 1.00 bits per heavy atom. The van der Waals surface area contributed by atoms with Crippen molar-refractivity contribution >= 4 is 6.16 Å². The van der Waals surface area contributed by atoms with Crippen LogP contribution in [0.4, 0.5) is 4.79 Å². The van der Waals surface area contributed by atoms with Crippen molar-refractivity contribution in [2.24, 2.45) is 0 Å². The SMILES string of the molecule is O=C(O)O.OC1CC1.OC1CC1. The van der Waals surface area contributed by atoms with Crippen LogP contribution in [0.15, 0.2) is 0 Å². The fraction of sp³-hybridized carbons (Fsp3) is 0.857. The molecule has 5 heteroatoms. The van der Waals surface area contributed by atoms with Gasteiger partial charge in [-0.25, -0.2) is 4.79 Å². The van der Waals surface area contributed by atoms with Crippen LogP contribution in [-0.2, 0) is 0 Å². The number of carbonyl (C=O) groups is 1. The Morgan fingerprint density at radius 1 is 0.917 bits per heavy atom. The second kappa shape index (κ2) is 5.79. The largest absolute Gasteiger partial charge is 0.503 e. The van der Waals surface area contributed by atoms with Crippen LogP contribution in [-0.4, -0.2) is 38.8 Å². The summed E-state index contributed by atoms with van der Waals surface area (Å²) in [4.78, 5) is 8.56. The lowest BCUT2D eigenvalue weighted by molar-refractivity contribution is 0.137. The van der Waals surface area contributed by atoms with E-state index >= 15 is 0 Å². The lowest BCUT2D eigenvalue weighted by Crippen LogP contribution is -1.81. The molecule has 0 spiro atoms. The van der Waals surface area contributed by atoms with Crippen molar-refractivity contribution < 1.29 is 25.2 Å². The maximum absolute atomic E-state index is 8.56. The van der Waals surface area contributed by atoms with E-state index in [4.69, 9.17) is 25.2 Å². The zero-order valence-corrected chi connectivity index (χ0v) is 6.68. The second-order valence-electron chi connectivity index (χ2n) is 2.74. The van der Waals surface area contributed by atoms with E-state index in [9.17, 15) is 0 Å². The maximum Gasteiger partial charge on any atom is 0.503 e. The molecule has 0 amide bonds. The lowest BCUT2D eigenvalue weighted by atomic mass is 10.9. The first kappa shape index (κ1) is 11.2. The molecule has 0 radical (unpaired) electrons. The highest BCUT2D eigenvalue weighted by Crippen LogP contribution is 2.17. The highest BCUT2D eigenvalue weighted by Gasteiger charge is 2.15. The number of carboxylic acid groups (broad SMARTS) is 2. The third-order valence-electron chi connectivity index (χ3n) is 1.09. The Kier molecular flexibility index (Phi) is 5.40. The molecule has 2 saturated carbocycles. The Hall–Kier alpha value is -0.810. The molecule has 0 aromatic rings. The predicted octanol–water partition coefficient (Wildman–Crippen LogP) is 0.505. The molecule has 0 bridgehead atoms. The van der Waals surface area contributed by atoms with Gasteiger partial charge in [-0.15, -0.1) is 0 Å². The molecule has 2 fully saturated rings. The van der Waals surface area contributed by atoms with Crippen LogP contribution in [0.3, 0.4) is 0 Å². The van der Waals surface area contributed by atoms with Crippen molar-refractivity contribution in [3.8, 4) is 0 Å². The second-order valence-corrected chi connectivity index (χ2v) is 2.74. The summed E-state index contributed by atoms with van der Waals surface area (Å²) in [6.45, 7) is 0. The molecule has 0 atom stereocenters. The van der Waals surface area contributed by atoms with Gasteiger partial charge in [0.2, 0.25) is 0 Å². The third kappa shape index (κ3) is 22.9. The summed E-state index contributed by atoms with van der Waals surface area (Å²) in [5.41, 5.74) is 0. The zero-order chi connectivity index (χ0) is 9.56. The average Bonchev–Trinajstić information content (AvgIpc) is 2.72. The van der Waals surface area contributed by atoms with Gasteiger partial charge in [0, 0.05) is 0 Å². The molecule has 2 rings (SSSR count). The number of hydrogen-bond acceptors (Lipinski definition) is 3. The Balaban J connectivity index is 0.000000151. The van der Waals surface area contributed by atoms with Gasteiger partial charge < -0.3 is 20.4 Å². The molecule has 2 aliphatic rings. The van der Waals surface area contributed by atoms with E-state index in [0.717, 1.165) is 25.7 Å². The van der Waals surface area contributed by atoms with Crippen molar-refractivity contribution in [1.29, 1.82) is 0 Å². The number of aliphatic hydroxyl groups excluding tert-OH is 2. The fourth-order valence-corrected chi connectivity index (χ4v) is 0.149. The summed E-state index contributed by atoms with van der Waals surface area (Å²) in [7, 11) is 0. The van der Waals surface area contributed by atoms with Crippen molar-refractivity contribution in [3.63, 3.8) is 0 Å². The van der Waals surface area contributed by atoms with Gasteiger partial charge in [-0.3, -0.25) is 0 Å². The van der Waals surface area contributed by atoms with E-state index in [0.29, 0.717) is 0 Å². The minimum atomic E-state index is -1.83. The van der Waals surface area contributed by atoms with Crippen LogP contribution in [0, 0.1) is 0 Å². The number of hydrogen-bond donors (Lipinski definition) is 4. The minimum Gasteiger partial charge on any atom is -0.450 e. The van der Waals surface area contributed by atoms with Gasteiger partial charge in [0.05, 0.1) is 12.2 Å². The van der Waals surface area contributed by atoms with Crippen LogP contribution >= 0.6 is 0 Å². The van der Waals surface area contributed by atoms with E-state index < -0.39 is 6.16 Å². The molecule has 4 N–H and O–H groups in total. The molecule has 0 saturated heterocycles. The van der Waals surface area contributed by atoms with E-state index in [2.05, 4.69) is 0 Å². The summed E-state index contributed by atoms with van der Waals surface area (Å²) in [5.74, 6) is 0. The molecule has 5 nitrogen and oxygen atoms in total. The summed E-state index contributed by atoms with van der Waals surface area (Å²) in [6.07, 6.45) is 2.50.